The summed E-state index contributed by atoms with van der Waals surface area (Å²) in [6.45, 7) is 4.46. The van der Waals surface area contributed by atoms with Gasteiger partial charge in [-0.2, -0.15) is 0 Å². The van der Waals surface area contributed by atoms with E-state index in [1.807, 2.05) is 5.51 Å². The summed E-state index contributed by atoms with van der Waals surface area (Å²) in [5.74, 6) is 0.532. The minimum absolute atomic E-state index is 0.0456. The summed E-state index contributed by atoms with van der Waals surface area (Å²) < 4.78 is 0. The number of aromatic nitrogens is 1. The van der Waals surface area contributed by atoms with Crippen molar-refractivity contribution >= 4 is 11.3 Å². The van der Waals surface area contributed by atoms with Crippen LogP contribution in [0.2, 0.25) is 0 Å². The van der Waals surface area contributed by atoms with Crippen LogP contribution >= 0.6 is 11.3 Å². The van der Waals surface area contributed by atoms with Gasteiger partial charge in [0.2, 0.25) is 0 Å². The van der Waals surface area contributed by atoms with E-state index in [1.54, 1.807) is 11.3 Å². The number of aliphatic hydroxyl groups is 1. The molecule has 1 aromatic heterocycles. The van der Waals surface area contributed by atoms with Gasteiger partial charge in [-0.05, 0) is 45.6 Å². The summed E-state index contributed by atoms with van der Waals surface area (Å²) in [6, 6.07) is 0.630. The highest BCUT2D eigenvalue weighted by Crippen LogP contribution is 2.35. The molecule has 1 aromatic rings. The van der Waals surface area contributed by atoms with Crippen molar-refractivity contribution in [3.05, 3.63) is 16.1 Å². The van der Waals surface area contributed by atoms with Gasteiger partial charge in [0, 0.05) is 23.4 Å². The lowest BCUT2D eigenvalue weighted by atomic mass is 9.94. The van der Waals surface area contributed by atoms with Crippen molar-refractivity contribution in [3.63, 3.8) is 0 Å². The van der Waals surface area contributed by atoms with Crippen LogP contribution < -0.4 is 0 Å². The molecule has 0 amide bonds. The molecule has 3 nitrogen and oxygen atoms in total. The number of hydrogen-bond donors (Lipinski definition) is 1. The van der Waals surface area contributed by atoms with Gasteiger partial charge in [-0.3, -0.25) is 4.90 Å². The van der Waals surface area contributed by atoms with Gasteiger partial charge < -0.3 is 5.11 Å². The van der Waals surface area contributed by atoms with Crippen LogP contribution in [0.4, 0.5) is 0 Å². The maximum Gasteiger partial charge on any atom is 0.0797 e. The average molecular weight is 280 g/mol. The molecule has 19 heavy (non-hydrogen) atoms. The van der Waals surface area contributed by atoms with Crippen molar-refractivity contribution < 1.29 is 5.11 Å². The molecule has 2 fully saturated rings. The molecule has 0 spiro atoms. The summed E-state index contributed by atoms with van der Waals surface area (Å²) in [7, 11) is 0. The van der Waals surface area contributed by atoms with E-state index in [0.29, 0.717) is 12.0 Å². The molecule has 1 saturated carbocycles. The lowest BCUT2D eigenvalue weighted by Gasteiger charge is -2.31. The lowest BCUT2D eigenvalue weighted by Crippen LogP contribution is -2.39. The molecule has 2 aliphatic rings. The Kier molecular flexibility index (Phi) is 4.20. The smallest absolute Gasteiger partial charge is 0.0797 e. The van der Waals surface area contributed by atoms with E-state index >= 15 is 0 Å². The number of thiazole rings is 1. The number of nitrogens with zero attached hydrogens (tertiary/aromatic N) is 2. The zero-order valence-electron chi connectivity index (χ0n) is 11.7. The molecule has 0 radical (unpaired) electrons. The van der Waals surface area contributed by atoms with E-state index in [1.165, 1.54) is 42.8 Å². The Balaban J connectivity index is 1.59. The van der Waals surface area contributed by atoms with Crippen molar-refractivity contribution in [2.24, 2.45) is 5.92 Å². The molecule has 3 atom stereocenters. The Morgan fingerprint density at radius 2 is 2.26 bits per heavy atom. The second-order valence-corrected chi connectivity index (χ2v) is 6.96. The van der Waals surface area contributed by atoms with Crippen LogP contribution in [0.25, 0.3) is 0 Å². The molecule has 1 aliphatic heterocycles. The van der Waals surface area contributed by atoms with Gasteiger partial charge in [-0.25, -0.2) is 4.98 Å². The Hall–Kier alpha value is -0.450. The van der Waals surface area contributed by atoms with Gasteiger partial charge in [0.05, 0.1) is 17.3 Å². The van der Waals surface area contributed by atoms with Gasteiger partial charge >= 0.3 is 0 Å². The van der Waals surface area contributed by atoms with E-state index in [-0.39, 0.29) is 6.10 Å². The van der Waals surface area contributed by atoms with Gasteiger partial charge in [0.1, 0.15) is 0 Å². The highest BCUT2D eigenvalue weighted by molar-refractivity contribution is 7.09. The van der Waals surface area contributed by atoms with E-state index < -0.39 is 0 Å². The molecule has 1 aliphatic carbocycles. The third-order valence-electron chi connectivity index (χ3n) is 4.91. The zero-order valence-corrected chi connectivity index (χ0v) is 12.5. The molecule has 2 heterocycles. The molecule has 0 bridgehead atoms. The van der Waals surface area contributed by atoms with Crippen molar-refractivity contribution in [2.75, 3.05) is 13.1 Å². The summed E-state index contributed by atoms with van der Waals surface area (Å²) in [5, 5.41) is 10.1. The van der Waals surface area contributed by atoms with Crippen molar-refractivity contribution in [2.45, 2.75) is 57.6 Å². The van der Waals surface area contributed by atoms with E-state index in [4.69, 9.17) is 0 Å². The molecular formula is C15H24N2OS. The third-order valence-corrected chi connectivity index (χ3v) is 5.91. The van der Waals surface area contributed by atoms with Crippen LogP contribution in [0.1, 0.15) is 42.7 Å². The SMILES string of the molecule is Cc1ncsc1CCN1CCCC1C1CCCC1O. The summed E-state index contributed by atoms with van der Waals surface area (Å²) in [4.78, 5) is 8.38. The molecule has 3 unspecified atom stereocenters. The lowest BCUT2D eigenvalue weighted by molar-refractivity contribution is 0.0752. The van der Waals surface area contributed by atoms with Gasteiger partial charge in [0.25, 0.3) is 0 Å². The number of aryl methyl sites for hydroxylation is 1. The highest BCUT2D eigenvalue weighted by Gasteiger charge is 2.37. The predicted octanol–water partition coefficient (Wildman–Crippen LogP) is 2.62. The Morgan fingerprint density at radius 3 is 2.95 bits per heavy atom. The topological polar surface area (TPSA) is 36.4 Å². The Labute approximate surface area is 119 Å². The van der Waals surface area contributed by atoms with Crippen LogP contribution in [-0.4, -0.2) is 40.2 Å². The van der Waals surface area contributed by atoms with Crippen LogP contribution in [0.5, 0.6) is 0 Å². The first-order valence-corrected chi connectivity index (χ1v) is 8.45. The summed E-state index contributed by atoms with van der Waals surface area (Å²) in [5.41, 5.74) is 3.15. The van der Waals surface area contributed by atoms with E-state index in [9.17, 15) is 5.11 Å². The van der Waals surface area contributed by atoms with Crippen LogP contribution in [0.15, 0.2) is 5.51 Å². The highest BCUT2D eigenvalue weighted by atomic mass is 32.1. The number of hydrogen-bond acceptors (Lipinski definition) is 4. The first-order chi connectivity index (χ1) is 9.25. The minimum atomic E-state index is -0.0456. The summed E-state index contributed by atoms with van der Waals surface area (Å²) >= 11 is 1.78. The molecule has 0 aromatic carbocycles. The van der Waals surface area contributed by atoms with Crippen molar-refractivity contribution in [1.82, 2.24) is 9.88 Å². The number of likely N-dealkylation sites (tertiary alicyclic amines) is 1. The van der Waals surface area contributed by atoms with Gasteiger partial charge in [-0.1, -0.05) is 6.42 Å². The predicted molar refractivity (Wildman–Crippen MR) is 78.5 cm³/mol. The molecule has 4 heteroatoms. The standard InChI is InChI=1S/C15H24N2OS/c1-11-15(19-10-16-11)7-9-17-8-3-5-13(17)12-4-2-6-14(12)18/h10,12-14,18H,2-9H2,1H3. The number of rotatable bonds is 4. The maximum atomic E-state index is 10.1. The van der Waals surface area contributed by atoms with Gasteiger partial charge in [-0.15, -0.1) is 11.3 Å². The maximum absolute atomic E-state index is 10.1. The fourth-order valence-corrected chi connectivity index (χ4v) is 4.61. The zero-order chi connectivity index (χ0) is 13.2. The first kappa shape index (κ1) is 13.5. The number of aliphatic hydroxyl groups excluding tert-OH is 1. The second kappa shape index (κ2) is 5.90. The average Bonchev–Trinajstić information content (AvgIpc) is 3.08. The monoisotopic (exact) mass is 280 g/mol. The molecule has 3 rings (SSSR count). The van der Waals surface area contributed by atoms with Crippen LogP contribution in [0, 0.1) is 12.8 Å². The van der Waals surface area contributed by atoms with Gasteiger partial charge in [0.15, 0.2) is 0 Å². The summed E-state index contributed by atoms with van der Waals surface area (Å²) in [6.07, 6.45) is 7.11. The van der Waals surface area contributed by atoms with Crippen LogP contribution in [-0.2, 0) is 6.42 Å². The molecule has 106 valence electrons. The first-order valence-electron chi connectivity index (χ1n) is 7.57. The third kappa shape index (κ3) is 2.86. The Bertz CT molecular complexity index is 420. The van der Waals surface area contributed by atoms with Crippen LogP contribution in [0.3, 0.4) is 0 Å². The van der Waals surface area contributed by atoms with E-state index in [2.05, 4.69) is 16.8 Å². The second-order valence-electron chi connectivity index (χ2n) is 6.02. The molecule has 1 saturated heterocycles. The van der Waals surface area contributed by atoms with Crippen molar-refractivity contribution in [3.8, 4) is 0 Å². The van der Waals surface area contributed by atoms with Crippen molar-refractivity contribution in [1.29, 1.82) is 0 Å². The minimum Gasteiger partial charge on any atom is -0.393 e. The fraction of sp³-hybridized carbons (Fsp3) is 0.800. The Morgan fingerprint density at radius 1 is 1.37 bits per heavy atom. The quantitative estimate of drug-likeness (QED) is 0.921. The largest absolute Gasteiger partial charge is 0.393 e. The molecular weight excluding hydrogens is 256 g/mol. The molecule has 1 N–H and O–H groups in total. The normalized spacial score (nSPS) is 32.2. The van der Waals surface area contributed by atoms with E-state index in [0.717, 1.165) is 19.4 Å². The fourth-order valence-electron chi connectivity index (χ4n) is 3.84.